The van der Waals surface area contributed by atoms with E-state index in [1.165, 1.54) is 30.4 Å². The molecule has 0 unspecified atom stereocenters. The predicted molar refractivity (Wildman–Crippen MR) is 86.3 cm³/mol. The first-order valence-electron chi connectivity index (χ1n) is 7.38. The van der Waals surface area contributed by atoms with E-state index in [-0.39, 0.29) is 5.54 Å². The van der Waals surface area contributed by atoms with Gasteiger partial charge in [0.1, 0.15) is 0 Å². The Hall–Kier alpha value is -1.55. The molecular formula is C16H26N4. The molecule has 0 aromatic heterocycles. The number of hydrogen-bond donors (Lipinski definition) is 3. The molecule has 0 amide bonds. The Labute approximate surface area is 121 Å². The van der Waals surface area contributed by atoms with Crippen molar-refractivity contribution in [1.29, 1.82) is 0 Å². The van der Waals surface area contributed by atoms with Crippen LogP contribution in [0.15, 0.2) is 23.2 Å². The van der Waals surface area contributed by atoms with Crippen molar-refractivity contribution in [1.82, 2.24) is 5.32 Å². The molecule has 20 heavy (non-hydrogen) atoms. The summed E-state index contributed by atoms with van der Waals surface area (Å²) in [7, 11) is 0. The number of aryl methyl sites for hydroxylation is 2. The van der Waals surface area contributed by atoms with E-state index in [0.717, 1.165) is 12.2 Å². The molecule has 1 aliphatic rings. The largest absolute Gasteiger partial charge is 0.370 e. The van der Waals surface area contributed by atoms with Gasteiger partial charge in [-0.15, -0.1) is 0 Å². The number of rotatable bonds is 4. The molecule has 1 aliphatic carbocycles. The van der Waals surface area contributed by atoms with Crippen LogP contribution < -0.4 is 16.4 Å². The van der Waals surface area contributed by atoms with Crippen molar-refractivity contribution in [3.8, 4) is 0 Å². The van der Waals surface area contributed by atoms with Gasteiger partial charge in [0.2, 0.25) is 0 Å². The number of fused-ring (bicyclic) bond motifs is 1. The van der Waals surface area contributed by atoms with E-state index in [4.69, 9.17) is 5.73 Å². The van der Waals surface area contributed by atoms with Crippen LogP contribution in [-0.4, -0.2) is 24.6 Å². The van der Waals surface area contributed by atoms with Crippen molar-refractivity contribution in [2.24, 2.45) is 10.7 Å². The second kappa shape index (κ2) is 6.27. The van der Waals surface area contributed by atoms with Crippen LogP contribution in [0, 0.1) is 0 Å². The lowest BCUT2D eigenvalue weighted by Gasteiger charge is -2.19. The lowest BCUT2D eigenvalue weighted by Crippen LogP contribution is -2.37. The molecule has 2 rings (SSSR count). The maximum atomic E-state index is 5.91. The second-order valence-corrected chi connectivity index (χ2v) is 6.41. The topological polar surface area (TPSA) is 62.4 Å². The number of anilines is 1. The predicted octanol–water partition coefficient (Wildman–Crippen LogP) is 2.29. The van der Waals surface area contributed by atoms with Crippen LogP contribution in [0.3, 0.4) is 0 Å². The maximum Gasteiger partial charge on any atom is 0.193 e. The van der Waals surface area contributed by atoms with Gasteiger partial charge in [0.05, 0.1) is 6.54 Å². The van der Waals surface area contributed by atoms with Gasteiger partial charge in [-0.25, -0.2) is 0 Å². The van der Waals surface area contributed by atoms with E-state index in [2.05, 4.69) is 54.6 Å². The molecular weight excluding hydrogens is 248 g/mol. The molecule has 0 aliphatic heterocycles. The molecule has 0 saturated heterocycles. The van der Waals surface area contributed by atoms with Gasteiger partial charge < -0.3 is 16.4 Å². The number of nitrogens with zero attached hydrogens (tertiary/aromatic N) is 1. The van der Waals surface area contributed by atoms with E-state index >= 15 is 0 Å². The number of aliphatic imine (C=N–C) groups is 1. The summed E-state index contributed by atoms with van der Waals surface area (Å²) < 4.78 is 0. The van der Waals surface area contributed by atoms with Gasteiger partial charge in [0.15, 0.2) is 5.96 Å². The van der Waals surface area contributed by atoms with E-state index < -0.39 is 0 Å². The van der Waals surface area contributed by atoms with Crippen LogP contribution in [-0.2, 0) is 12.8 Å². The molecule has 4 heteroatoms. The van der Waals surface area contributed by atoms with Crippen LogP contribution in [0.1, 0.15) is 38.3 Å². The summed E-state index contributed by atoms with van der Waals surface area (Å²) in [6, 6.07) is 6.47. The maximum absolute atomic E-state index is 5.91. The van der Waals surface area contributed by atoms with Gasteiger partial charge >= 0.3 is 0 Å². The Morgan fingerprint density at radius 2 is 2.00 bits per heavy atom. The Morgan fingerprint density at radius 3 is 2.75 bits per heavy atom. The highest BCUT2D eigenvalue weighted by Gasteiger charge is 2.11. The highest BCUT2D eigenvalue weighted by Crippen LogP contribution is 2.24. The zero-order valence-corrected chi connectivity index (χ0v) is 12.8. The van der Waals surface area contributed by atoms with Gasteiger partial charge in [-0.1, -0.05) is 6.07 Å². The molecule has 4 N–H and O–H groups in total. The van der Waals surface area contributed by atoms with Crippen molar-refractivity contribution in [3.05, 3.63) is 29.3 Å². The van der Waals surface area contributed by atoms with E-state index in [1.54, 1.807) is 0 Å². The zero-order chi connectivity index (χ0) is 14.6. The molecule has 0 atom stereocenters. The fourth-order valence-corrected chi connectivity index (χ4v) is 2.44. The molecule has 0 fully saturated rings. The molecule has 1 aromatic rings. The average Bonchev–Trinajstić information content (AvgIpc) is 2.81. The first-order chi connectivity index (χ1) is 9.44. The number of hydrogen-bond acceptors (Lipinski definition) is 2. The summed E-state index contributed by atoms with van der Waals surface area (Å²) in [6.45, 7) is 7.94. The van der Waals surface area contributed by atoms with E-state index in [1.807, 2.05) is 0 Å². The second-order valence-electron chi connectivity index (χ2n) is 6.41. The standard InChI is InChI=1S/C16H26N4/c1-16(2,3)19-10-9-18-15(17)20-14-8-7-12-5-4-6-13(12)11-14/h7-8,11,19H,4-6,9-10H2,1-3H3,(H3,17,18,20). The lowest BCUT2D eigenvalue weighted by molar-refractivity contribution is 0.433. The summed E-state index contributed by atoms with van der Waals surface area (Å²) in [5, 5.41) is 6.55. The van der Waals surface area contributed by atoms with Crippen LogP contribution in [0.5, 0.6) is 0 Å². The van der Waals surface area contributed by atoms with Crippen LogP contribution in [0.2, 0.25) is 0 Å². The van der Waals surface area contributed by atoms with E-state index in [0.29, 0.717) is 12.5 Å². The number of benzene rings is 1. The van der Waals surface area contributed by atoms with Gasteiger partial charge in [0, 0.05) is 17.8 Å². The van der Waals surface area contributed by atoms with Crippen LogP contribution >= 0.6 is 0 Å². The summed E-state index contributed by atoms with van der Waals surface area (Å²) in [5.74, 6) is 0.485. The normalized spacial score (nSPS) is 15.2. The number of nitrogens with one attached hydrogen (secondary N) is 2. The third-order valence-corrected chi connectivity index (χ3v) is 3.42. The van der Waals surface area contributed by atoms with Crippen molar-refractivity contribution >= 4 is 11.6 Å². The fraction of sp³-hybridized carbons (Fsp3) is 0.562. The molecule has 0 spiro atoms. The highest BCUT2D eigenvalue weighted by atomic mass is 15.1. The average molecular weight is 274 g/mol. The van der Waals surface area contributed by atoms with Gasteiger partial charge in [0.25, 0.3) is 0 Å². The van der Waals surface area contributed by atoms with E-state index in [9.17, 15) is 0 Å². The lowest BCUT2D eigenvalue weighted by atomic mass is 10.1. The van der Waals surface area contributed by atoms with Gasteiger partial charge in [-0.05, 0) is 63.3 Å². The van der Waals surface area contributed by atoms with Crippen molar-refractivity contribution in [3.63, 3.8) is 0 Å². The van der Waals surface area contributed by atoms with Crippen LogP contribution in [0.4, 0.5) is 5.69 Å². The number of nitrogens with two attached hydrogens (primary N) is 1. The summed E-state index contributed by atoms with van der Waals surface area (Å²) in [5.41, 5.74) is 9.99. The van der Waals surface area contributed by atoms with Crippen molar-refractivity contribution in [2.75, 3.05) is 18.4 Å². The minimum Gasteiger partial charge on any atom is -0.370 e. The molecule has 1 aromatic carbocycles. The minimum absolute atomic E-state index is 0.123. The molecule has 4 nitrogen and oxygen atoms in total. The van der Waals surface area contributed by atoms with Crippen molar-refractivity contribution < 1.29 is 0 Å². The molecule has 0 bridgehead atoms. The Bertz CT molecular complexity index is 486. The third kappa shape index (κ3) is 4.53. The Balaban J connectivity index is 1.83. The monoisotopic (exact) mass is 274 g/mol. The molecule has 0 radical (unpaired) electrons. The van der Waals surface area contributed by atoms with Gasteiger partial charge in [-0.2, -0.15) is 0 Å². The van der Waals surface area contributed by atoms with Crippen LogP contribution in [0.25, 0.3) is 0 Å². The molecule has 110 valence electrons. The summed E-state index contributed by atoms with van der Waals surface area (Å²) in [6.07, 6.45) is 3.65. The van der Waals surface area contributed by atoms with Gasteiger partial charge in [-0.3, -0.25) is 4.99 Å². The number of guanidine groups is 1. The fourth-order valence-electron chi connectivity index (χ4n) is 2.44. The minimum atomic E-state index is 0.123. The first-order valence-corrected chi connectivity index (χ1v) is 7.38. The quantitative estimate of drug-likeness (QED) is 0.448. The molecule has 0 heterocycles. The highest BCUT2D eigenvalue weighted by molar-refractivity contribution is 5.92. The Morgan fingerprint density at radius 1 is 1.25 bits per heavy atom. The SMILES string of the molecule is CC(C)(C)NCCN=C(N)Nc1ccc2c(c1)CCC2. The zero-order valence-electron chi connectivity index (χ0n) is 12.8. The smallest absolute Gasteiger partial charge is 0.193 e. The first kappa shape index (κ1) is 14.9. The summed E-state index contributed by atoms with van der Waals surface area (Å²) >= 11 is 0. The summed E-state index contributed by atoms with van der Waals surface area (Å²) in [4.78, 5) is 4.34. The van der Waals surface area contributed by atoms with Crippen molar-refractivity contribution in [2.45, 2.75) is 45.6 Å². The third-order valence-electron chi connectivity index (χ3n) is 3.42. The molecule has 0 saturated carbocycles. The Kier molecular flexibility index (Phi) is 4.65.